The molecule has 3 N–H and O–H groups in total. The van der Waals surface area contributed by atoms with E-state index in [1.165, 1.54) is 11.0 Å². The van der Waals surface area contributed by atoms with Gasteiger partial charge in [-0.05, 0) is 110 Å². The minimum Gasteiger partial charge on any atom is -0.508 e. The van der Waals surface area contributed by atoms with Crippen molar-refractivity contribution in [2.24, 2.45) is 5.92 Å². The number of nitrogens with zero attached hydrogens (tertiary/aromatic N) is 1. The highest BCUT2D eigenvalue weighted by molar-refractivity contribution is 5.94. The monoisotopic (exact) mass is 653 g/mol. The molecule has 10 heteroatoms. The van der Waals surface area contributed by atoms with Gasteiger partial charge in [0.2, 0.25) is 11.8 Å². The van der Waals surface area contributed by atoms with E-state index in [1.807, 2.05) is 44.2 Å². The zero-order chi connectivity index (χ0) is 35.9. The molecule has 0 aliphatic carbocycles. The minimum atomic E-state index is -1.25. The third-order valence-corrected chi connectivity index (χ3v) is 6.99. The van der Waals surface area contributed by atoms with Crippen molar-refractivity contribution in [3.05, 3.63) is 65.2 Å². The molecule has 2 rings (SSSR count). The van der Waals surface area contributed by atoms with Crippen molar-refractivity contribution in [1.82, 2.24) is 15.5 Å². The minimum absolute atomic E-state index is 0.00585. The van der Waals surface area contributed by atoms with Crippen LogP contribution in [-0.2, 0) is 30.3 Å². The molecule has 3 unspecified atom stereocenters. The number of nitrogens with one attached hydrogen (secondary N) is 2. The highest BCUT2D eigenvalue weighted by Gasteiger charge is 2.43. The molecule has 2 aromatic carbocycles. The van der Waals surface area contributed by atoms with Crippen LogP contribution < -0.4 is 10.6 Å². The van der Waals surface area contributed by atoms with E-state index in [9.17, 15) is 24.3 Å². The molecule has 260 valence electrons. The Hall–Kier alpha value is -4.08. The number of hydrogen-bond donors (Lipinski definition) is 3. The Balaban J connectivity index is 2.70. The Labute approximate surface area is 280 Å². The number of amides is 3. The molecule has 0 saturated carbocycles. The first kappa shape index (κ1) is 39.1. The summed E-state index contributed by atoms with van der Waals surface area (Å²) in [5, 5.41) is 16.0. The van der Waals surface area contributed by atoms with Crippen LogP contribution in [0.4, 0.5) is 4.79 Å². The van der Waals surface area contributed by atoms with Gasteiger partial charge in [0.1, 0.15) is 35.1 Å². The second-order valence-electron chi connectivity index (χ2n) is 15.4. The summed E-state index contributed by atoms with van der Waals surface area (Å²) in [6.45, 7) is 21.4. The molecular weight excluding hydrogens is 598 g/mol. The third-order valence-electron chi connectivity index (χ3n) is 6.99. The molecule has 2 aromatic rings. The zero-order valence-electron chi connectivity index (χ0n) is 30.2. The Morgan fingerprint density at radius 2 is 1.38 bits per heavy atom. The van der Waals surface area contributed by atoms with E-state index in [4.69, 9.17) is 9.47 Å². The summed E-state index contributed by atoms with van der Waals surface area (Å²) in [6.07, 6.45) is -0.315. The lowest BCUT2D eigenvalue weighted by atomic mass is 9.92. The zero-order valence-corrected chi connectivity index (χ0v) is 30.2. The molecule has 0 heterocycles. The van der Waals surface area contributed by atoms with Gasteiger partial charge in [-0.2, -0.15) is 0 Å². The van der Waals surface area contributed by atoms with Gasteiger partial charge in [0, 0.05) is 12.0 Å². The van der Waals surface area contributed by atoms with E-state index in [0.717, 1.165) is 5.56 Å². The SMILES string of the molecule is Cc1cc(C(C(=O)NC(Cc2ccccc2)C(=O)OC(C)(C)C)N(C(=O)C(CC(C)C)NC(=O)OC(C)(C)C)C(C)(C)C)ccc1O. The van der Waals surface area contributed by atoms with Crippen molar-refractivity contribution in [2.75, 3.05) is 0 Å². The normalized spacial score (nSPS) is 14.1. The lowest BCUT2D eigenvalue weighted by Gasteiger charge is -2.43. The first-order valence-corrected chi connectivity index (χ1v) is 16.2. The molecule has 0 spiro atoms. The number of ether oxygens (including phenoxy) is 2. The molecule has 0 aliphatic rings. The second-order valence-corrected chi connectivity index (χ2v) is 15.4. The Kier molecular flexibility index (Phi) is 13.0. The molecule has 3 atom stereocenters. The van der Waals surface area contributed by atoms with Crippen LogP contribution in [-0.4, -0.2) is 62.7 Å². The van der Waals surface area contributed by atoms with E-state index in [0.29, 0.717) is 11.1 Å². The number of carbonyl (C=O) groups excluding carboxylic acids is 4. The Bertz CT molecular complexity index is 1390. The molecule has 0 fully saturated rings. The first-order valence-electron chi connectivity index (χ1n) is 16.2. The van der Waals surface area contributed by atoms with E-state index in [-0.39, 0.29) is 24.5 Å². The summed E-state index contributed by atoms with van der Waals surface area (Å²) in [5.41, 5.74) is -0.820. The van der Waals surface area contributed by atoms with Crippen molar-refractivity contribution < 1.29 is 33.8 Å². The highest BCUT2D eigenvalue weighted by atomic mass is 16.6. The molecule has 47 heavy (non-hydrogen) atoms. The molecule has 10 nitrogen and oxygen atoms in total. The predicted octanol–water partition coefficient (Wildman–Crippen LogP) is 6.38. The van der Waals surface area contributed by atoms with Crippen molar-refractivity contribution in [3.63, 3.8) is 0 Å². The summed E-state index contributed by atoms with van der Waals surface area (Å²) in [5.74, 6) is -1.70. The van der Waals surface area contributed by atoms with E-state index in [2.05, 4.69) is 10.6 Å². The number of aromatic hydroxyl groups is 1. The van der Waals surface area contributed by atoms with Crippen LogP contribution in [0, 0.1) is 12.8 Å². The van der Waals surface area contributed by atoms with E-state index in [1.54, 1.807) is 81.4 Å². The van der Waals surface area contributed by atoms with Crippen LogP contribution in [0.3, 0.4) is 0 Å². The first-order chi connectivity index (χ1) is 21.5. The number of alkyl carbamates (subject to hydrolysis) is 1. The molecule has 0 bridgehead atoms. The Morgan fingerprint density at radius 3 is 1.87 bits per heavy atom. The average molecular weight is 654 g/mol. The van der Waals surface area contributed by atoms with Crippen molar-refractivity contribution in [3.8, 4) is 5.75 Å². The van der Waals surface area contributed by atoms with Gasteiger partial charge in [0.15, 0.2) is 0 Å². The largest absolute Gasteiger partial charge is 0.508 e. The Morgan fingerprint density at radius 1 is 0.809 bits per heavy atom. The van der Waals surface area contributed by atoms with Crippen LogP contribution in [0.25, 0.3) is 0 Å². The standard InChI is InChI=1S/C37H55N3O7/c1-23(2)20-27(39-34(45)47-37(10,11)12)32(43)40(35(4,5)6)30(26-18-19-29(41)24(3)21-26)31(42)38-28(33(44)46-36(7,8)9)22-25-16-14-13-15-17-25/h13-19,21,23,27-28,30,41H,20,22H2,1-12H3,(H,38,42)(H,39,45). The molecule has 0 radical (unpaired) electrons. The maximum atomic E-state index is 14.6. The van der Waals surface area contributed by atoms with Crippen LogP contribution in [0.1, 0.15) is 105 Å². The molecule has 0 aliphatic heterocycles. The van der Waals surface area contributed by atoms with E-state index >= 15 is 0 Å². The maximum absolute atomic E-state index is 14.6. The molecular formula is C37H55N3O7. The average Bonchev–Trinajstić information content (AvgIpc) is 2.89. The fourth-order valence-electron chi connectivity index (χ4n) is 5.09. The number of esters is 1. The molecule has 0 aromatic heterocycles. The summed E-state index contributed by atoms with van der Waals surface area (Å²) >= 11 is 0. The van der Waals surface area contributed by atoms with Crippen LogP contribution in [0.5, 0.6) is 5.75 Å². The summed E-state index contributed by atoms with van der Waals surface area (Å²) < 4.78 is 11.2. The number of rotatable bonds is 11. The molecule has 3 amide bonds. The lowest BCUT2D eigenvalue weighted by molar-refractivity contribution is -0.159. The highest BCUT2D eigenvalue weighted by Crippen LogP contribution is 2.33. The number of carbonyl (C=O) groups is 4. The summed E-state index contributed by atoms with van der Waals surface area (Å²) in [6, 6.07) is 10.6. The van der Waals surface area contributed by atoms with Gasteiger partial charge in [0.25, 0.3) is 0 Å². The van der Waals surface area contributed by atoms with Gasteiger partial charge in [-0.3, -0.25) is 9.59 Å². The number of benzene rings is 2. The van der Waals surface area contributed by atoms with Crippen LogP contribution in [0.15, 0.2) is 48.5 Å². The third kappa shape index (κ3) is 12.6. The van der Waals surface area contributed by atoms with E-state index < -0.39 is 58.7 Å². The van der Waals surface area contributed by atoms with Crippen LogP contribution in [0.2, 0.25) is 0 Å². The second kappa shape index (κ2) is 15.7. The van der Waals surface area contributed by atoms with Crippen molar-refractivity contribution in [1.29, 1.82) is 0 Å². The number of aryl methyl sites for hydroxylation is 1. The van der Waals surface area contributed by atoms with Gasteiger partial charge >= 0.3 is 12.1 Å². The number of hydrogen-bond acceptors (Lipinski definition) is 7. The lowest BCUT2D eigenvalue weighted by Crippen LogP contribution is -2.60. The topological polar surface area (TPSA) is 134 Å². The fourth-order valence-corrected chi connectivity index (χ4v) is 5.09. The van der Waals surface area contributed by atoms with Crippen LogP contribution >= 0.6 is 0 Å². The maximum Gasteiger partial charge on any atom is 0.408 e. The summed E-state index contributed by atoms with van der Waals surface area (Å²) in [7, 11) is 0. The summed E-state index contributed by atoms with van der Waals surface area (Å²) in [4.78, 5) is 57.1. The van der Waals surface area contributed by atoms with Gasteiger partial charge < -0.3 is 30.1 Å². The van der Waals surface area contributed by atoms with Gasteiger partial charge in [-0.25, -0.2) is 9.59 Å². The van der Waals surface area contributed by atoms with Gasteiger partial charge in [-0.15, -0.1) is 0 Å². The predicted molar refractivity (Wildman–Crippen MR) is 183 cm³/mol. The smallest absolute Gasteiger partial charge is 0.408 e. The molecule has 0 saturated heterocycles. The fraction of sp³-hybridized carbons (Fsp3) is 0.568. The van der Waals surface area contributed by atoms with Crippen molar-refractivity contribution >= 4 is 23.9 Å². The number of phenolic OH excluding ortho intramolecular Hbond substituents is 1. The van der Waals surface area contributed by atoms with Gasteiger partial charge in [0.05, 0.1) is 0 Å². The van der Waals surface area contributed by atoms with Crippen molar-refractivity contribution in [2.45, 2.75) is 131 Å². The van der Waals surface area contributed by atoms with Gasteiger partial charge in [-0.1, -0.05) is 50.2 Å². The number of phenols is 1. The quantitative estimate of drug-likeness (QED) is 0.240.